The Balaban J connectivity index is 2.28. The van der Waals surface area contributed by atoms with Gasteiger partial charge in [-0.05, 0) is 38.2 Å². The minimum atomic E-state index is -0.218. The van der Waals surface area contributed by atoms with Crippen molar-refractivity contribution < 1.29 is 4.39 Å². The molecule has 0 radical (unpaired) electrons. The van der Waals surface area contributed by atoms with Crippen LogP contribution in [0.3, 0.4) is 0 Å². The highest BCUT2D eigenvalue weighted by atomic mass is 32.1. The lowest BCUT2D eigenvalue weighted by Crippen LogP contribution is -2.12. The lowest BCUT2D eigenvalue weighted by Gasteiger charge is -2.04. The van der Waals surface area contributed by atoms with Gasteiger partial charge >= 0.3 is 0 Å². The number of aromatic nitrogens is 1. The van der Waals surface area contributed by atoms with Crippen LogP contribution in [0.1, 0.15) is 18.7 Å². The largest absolute Gasteiger partial charge is 0.312 e. The summed E-state index contributed by atoms with van der Waals surface area (Å²) in [4.78, 5) is 4.51. The topological polar surface area (TPSA) is 24.9 Å². The molecule has 0 fully saturated rings. The third kappa shape index (κ3) is 2.28. The fourth-order valence-corrected chi connectivity index (χ4v) is 2.28. The summed E-state index contributed by atoms with van der Waals surface area (Å²) in [6.07, 6.45) is 0. The molecule has 0 bridgehead atoms. The zero-order valence-corrected chi connectivity index (χ0v) is 10.0. The SMILES string of the molecule is CNC(C)c1csc(-c2ccc(F)cc2)n1. The molecular formula is C12H13FN2S. The molecule has 0 aliphatic heterocycles. The summed E-state index contributed by atoms with van der Waals surface area (Å²) in [5, 5.41) is 6.09. The van der Waals surface area contributed by atoms with Crippen molar-refractivity contribution in [3.63, 3.8) is 0 Å². The standard InChI is InChI=1S/C12H13FN2S/c1-8(14-2)11-7-16-12(15-11)9-3-5-10(13)6-4-9/h3-8,14H,1-2H3. The highest BCUT2D eigenvalue weighted by Crippen LogP contribution is 2.26. The van der Waals surface area contributed by atoms with Gasteiger partial charge in [-0.15, -0.1) is 11.3 Å². The molecule has 0 spiro atoms. The van der Waals surface area contributed by atoms with Crippen molar-refractivity contribution in [3.8, 4) is 10.6 Å². The van der Waals surface area contributed by atoms with Gasteiger partial charge < -0.3 is 5.32 Å². The monoisotopic (exact) mass is 236 g/mol. The molecule has 2 aromatic rings. The molecule has 0 saturated carbocycles. The molecule has 16 heavy (non-hydrogen) atoms. The molecule has 1 aromatic heterocycles. The first-order valence-electron chi connectivity index (χ1n) is 5.09. The van der Waals surface area contributed by atoms with Gasteiger partial charge in [0.05, 0.1) is 5.69 Å². The predicted octanol–water partition coefficient (Wildman–Crippen LogP) is 3.23. The molecule has 1 unspecified atom stereocenters. The number of halogens is 1. The van der Waals surface area contributed by atoms with E-state index >= 15 is 0 Å². The summed E-state index contributed by atoms with van der Waals surface area (Å²) in [6, 6.07) is 6.66. The lowest BCUT2D eigenvalue weighted by molar-refractivity contribution is 0.628. The molecule has 2 nitrogen and oxygen atoms in total. The maximum absolute atomic E-state index is 12.8. The Bertz CT molecular complexity index is 464. The molecule has 4 heteroatoms. The Morgan fingerprint density at radius 1 is 1.31 bits per heavy atom. The third-order valence-electron chi connectivity index (χ3n) is 2.49. The average Bonchev–Trinajstić information content (AvgIpc) is 2.78. The van der Waals surface area contributed by atoms with Crippen LogP contribution in [-0.4, -0.2) is 12.0 Å². The highest BCUT2D eigenvalue weighted by molar-refractivity contribution is 7.13. The van der Waals surface area contributed by atoms with Gasteiger partial charge in [0.2, 0.25) is 0 Å². The number of thiazole rings is 1. The molecule has 0 aliphatic rings. The van der Waals surface area contributed by atoms with Crippen LogP contribution in [-0.2, 0) is 0 Å². The maximum Gasteiger partial charge on any atom is 0.123 e. The molecule has 0 saturated heterocycles. The van der Waals surface area contributed by atoms with Crippen LogP contribution in [0, 0.1) is 5.82 Å². The van der Waals surface area contributed by atoms with Gasteiger partial charge in [0.1, 0.15) is 10.8 Å². The van der Waals surface area contributed by atoms with Gasteiger partial charge in [0.15, 0.2) is 0 Å². The summed E-state index contributed by atoms with van der Waals surface area (Å²) in [6.45, 7) is 2.06. The quantitative estimate of drug-likeness (QED) is 0.885. The second-order valence-electron chi connectivity index (χ2n) is 3.59. The van der Waals surface area contributed by atoms with Crippen molar-refractivity contribution >= 4 is 11.3 Å². The van der Waals surface area contributed by atoms with E-state index in [1.165, 1.54) is 12.1 Å². The Morgan fingerprint density at radius 3 is 2.62 bits per heavy atom. The summed E-state index contributed by atoms with van der Waals surface area (Å²) in [5.41, 5.74) is 1.98. The first kappa shape index (κ1) is 11.2. The predicted molar refractivity (Wildman–Crippen MR) is 65.0 cm³/mol. The van der Waals surface area contributed by atoms with Gasteiger partial charge in [0, 0.05) is 17.0 Å². The normalized spacial score (nSPS) is 12.7. The van der Waals surface area contributed by atoms with E-state index < -0.39 is 0 Å². The second kappa shape index (κ2) is 4.72. The fraction of sp³-hybridized carbons (Fsp3) is 0.250. The number of nitrogens with zero attached hydrogens (tertiary/aromatic N) is 1. The van der Waals surface area contributed by atoms with Crippen LogP contribution >= 0.6 is 11.3 Å². The Hall–Kier alpha value is -1.26. The van der Waals surface area contributed by atoms with Crippen LogP contribution < -0.4 is 5.32 Å². The number of hydrogen-bond acceptors (Lipinski definition) is 3. The van der Waals surface area contributed by atoms with Crippen LogP contribution in [0.2, 0.25) is 0 Å². The summed E-state index contributed by atoms with van der Waals surface area (Å²) < 4.78 is 12.8. The van der Waals surface area contributed by atoms with Gasteiger partial charge in [-0.1, -0.05) is 0 Å². The van der Waals surface area contributed by atoms with Crippen molar-refractivity contribution in [2.75, 3.05) is 7.05 Å². The number of nitrogens with one attached hydrogen (secondary N) is 1. The number of rotatable bonds is 3. The first-order valence-corrected chi connectivity index (χ1v) is 5.97. The van der Waals surface area contributed by atoms with Crippen molar-refractivity contribution in [2.24, 2.45) is 0 Å². The zero-order valence-electron chi connectivity index (χ0n) is 9.20. The van der Waals surface area contributed by atoms with Gasteiger partial charge in [0.25, 0.3) is 0 Å². The zero-order chi connectivity index (χ0) is 11.5. The van der Waals surface area contributed by atoms with Gasteiger partial charge in [-0.25, -0.2) is 9.37 Å². The number of hydrogen-bond donors (Lipinski definition) is 1. The minimum Gasteiger partial charge on any atom is -0.312 e. The van der Waals surface area contributed by atoms with Crippen LogP contribution in [0.15, 0.2) is 29.6 Å². The van der Waals surface area contributed by atoms with E-state index in [1.807, 2.05) is 12.4 Å². The highest BCUT2D eigenvalue weighted by Gasteiger charge is 2.09. The summed E-state index contributed by atoms with van der Waals surface area (Å²) in [5.74, 6) is -0.218. The molecule has 0 amide bonds. The van der Waals surface area contributed by atoms with E-state index in [2.05, 4.69) is 17.2 Å². The Labute approximate surface area is 98.2 Å². The third-order valence-corrected chi connectivity index (χ3v) is 3.40. The van der Waals surface area contributed by atoms with E-state index in [1.54, 1.807) is 23.5 Å². The Morgan fingerprint density at radius 2 is 2.00 bits per heavy atom. The Kier molecular flexibility index (Phi) is 3.31. The molecule has 2 rings (SSSR count). The van der Waals surface area contributed by atoms with E-state index in [4.69, 9.17) is 0 Å². The molecular weight excluding hydrogens is 223 g/mol. The van der Waals surface area contributed by atoms with E-state index in [0.29, 0.717) is 0 Å². The molecule has 84 valence electrons. The molecule has 0 aliphatic carbocycles. The molecule has 1 heterocycles. The lowest BCUT2D eigenvalue weighted by atomic mass is 10.2. The maximum atomic E-state index is 12.8. The number of benzene rings is 1. The van der Waals surface area contributed by atoms with Crippen molar-refractivity contribution in [3.05, 3.63) is 41.2 Å². The summed E-state index contributed by atoms with van der Waals surface area (Å²) in [7, 11) is 1.90. The second-order valence-corrected chi connectivity index (χ2v) is 4.45. The molecule has 1 N–H and O–H groups in total. The average molecular weight is 236 g/mol. The molecule has 1 aromatic carbocycles. The fourth-order valence-electron chi connectivity index (χ4n) is 1.36. The van der Waals surface area contributed by atoms with E-state index in [-0.39, 0.29) is 11.9 Å². The van der Waals surface area contributed by atoms with E-state index in [0.717, 1.165) is 16.3 Å². The van der Waals surface area contributed by atoms with Gasteiger partial charge in [-0.3, -0.25) is 0 Å². The van der Waals surface area contributed by atoms with Crippen molar-refractivity contribution in [1.29, 1.82) is 0 Å². The van der Waals surface area contributed by atoms with Crippen molar-refractivity contribution in [2.45, 2.75) is 13.0 Å². The van der Waals surface area contributed by atoms with Crippen LogP contribution in [0.4, 0.5) is 4.39 Å². The molecule has 1 atom stereocenters. The van der Waals surface area contributed by atoms with Crippen LogP contribution in [0.25, 0.3) is 10.6 Å². The minimum absolute atomic E-state index is 0.218. The summed E-state index contributed by atoms with van der Waals surface area (Å²) >= 11 is 1.58. The van der Waals surface area contributed by atoms with Crippen LogP contribution in [0.5, 0.6) is 0 Å². The van der Waals surface area contributed by atoms with Gasteiger partial charge in [-0.2, -0.15) is 0 Å². The van der Waals surface area contributed by atoms with E-state index in [9.17, 15) is 4.39 Å². The smallest absolute Gasteiger partial charge is 0.123 e. The first-order chi connectivity index (χ1) is 7.70. The van der Waals surface area contributed by atoms with Crippen molar-refractivity contribution in [1.82, 2.24) is 10.3 Å².